The number of hydrogen-bond acceptors (Lipinski definition) is 10. The van der Waals surface area contributed by atoms with Crippen LogP contribution in [0.2, 0.25) is 0 Å². The third kappa shape index (κ3) is 44.2. The lowest BCUT2D eigenvalue weighted by molar-refractivity contribution is -0.275. The number of methoxy groups -OCH3 is 1. The largest absolute Gasteiger partial charge is 0.480 e. The number of carbonyl (C=O) groups excluding carboxylic acids is 1. The van der Waals surface area contributed by atoms with Gasteiger partial charge in [-0.05, 0) is 57.8 Å². The van der Waals surface area contributed by atoms with Crippen molar-refractivity contribution < 1.29 is 62.0 Å². The zero-order valence-corrected chi connectivity index (χ0v) is 51.7. The van der Waals surface area contributed by atoms with Gasteiger partial charge < -0.3 is 48.6 Å². The third-order valence-electron chi connectivity index (χ3n) is 15.2. The molecule has 1 aliphatic rings. The van der Waals surface area contributed by atoms with Crippen LogP contribution >= 0.6 is 7.82 Å². The lowest BCUT2D eigenvalue weighted by Gasteiger charge is -2.46. The topological polar surface area (TPSA) is 189 Å². The fourth-order valence-electron chi connectivity index (χ4n) is 10.6. The van der Waals surface area contributed by atoms with Crippen molar-refractivity contribution in [1.82, 2.24) is 5.32 Å². The number of nitrogens with one attached hydrogen (secondary N) is 1. The minimum Gasteiger partial charge on any atom is -0.480 e. The van der Waals surface area contributed by atoms with Crippen LogP contribution in [0, 0.1) is 0 Å². The summed E-state index contributed by atoms with van der Waals surface area (Å²) in [6.07, 6.45) is 46.4. The number of allylic oxidation sites excluding steroid dienone is 2. The van der Waals surface area contributed by atoms with Gasteiger partial charge in [0.05, 0.1) is 25.2 Å². The maximum atomic E-state index is 14.3. The number of hydrogen-bond donors (Lipinski definition) is 4. The summed E-state index contributed by atoms with van der Waals surface area (Å²) in [6, 6.07) is -1.21. The van der Waals surface area contributed by atoms with Gasteiger partial charge in [0.1, 0.15) is 31.0 Å². The second-order valence-corrected chi connectivity index (χ2v) is 23.8. The average molecular weight is 1130 g/mol. The Morgan fingerprint density at radius 2 is 0.936 bits per heavy atom. The molecule has 14 nitrogen and oxygen atoms in total. The van der Waals surface area contributed by atoms with Crippen molar-refractivity contribution in [3.05, 3.63) is 12.2 Å². The third-order valence-corrected chi connectivity index (χ3v) is 15.7. The van der Waals surface area contributed by atoms with Crippen molar-refractivity contribution in [3.63, 3.8) is 0 Å². The molecule has 1 aliphatic heterocycles. The monoisotopic (exact) mass is 1130 g/mol. The summed E-state index contributed by atoms with van der Waals surface area (Å²) in [5.41, 5.74) is 0. The molecule has 1 amide bonds. The quantitative estimate of drug-likeness (QED) is 0.0256. The molecule has 0 saturated carbocycles. The maximum absolute atomic E-state index is 14.3. The van der Waals surface area contributed by atoms with Gasteiger partial charge in [-0.15, -0.1) is 0 Å². The molecule has 15 heteroatoms. The molecule has 0 aromatic heterocycles. The Labute approximate surface area is 477 Å². The summed E-state index contributed by atoms with van der Waals surface area (Å²) in [5, 5.41) is 12.8. The van der Waals surface area contributed by atoms with Crippen LogP contribution < -0.4 is 5.32 Å². The smallest absolute Gasteiger partial charge is 0.470 e. The second-order valence-electron chi connectivity index (χ2n) is 22.6. The highest BCUT2D eigenvalue weighted by Crippen LogP contribution is 2.42. The molecular formula is C63H122NO13P. The molecule has 462 valence electrons. The van der Waals surface area contributed by atoms with Crippen LogP contribution in [-0.4, -0.2) is 110 Å². The van der Waals surface area contributed by atoms with Crippen LogP contribution in [0.5, 0.6) is 0 Å². The molecule has 1 rings (SSSR count). The first-order chi connectivity index (χ1) is 38.0. The molecule has 0 aromatic carbocycles. The highest BCUT2D eigenvalue weighted by atomic mass is 31.2. The number of amides is 1. The van der Waals surface area contributed by atoms with E-state index in [4.69, 9.17) is 32.9 Å². The van der Waals surface area contributed by atoms with Gasteiger partial charge in [-0.1, -0.05) is 245 Å². The molecule has 4 N–H and O–H groups in total. The molecule has 0 spiro atoms. The number of aliphatic carboxylic acids is 1. The molecule has 0 radical (unpaired) electrons. The molecule has 1 fully saturated rings. The number of phosphoric acid groups is 1. The summed E-state index contributed by atoms with van der Waals surface area (Å²) in [7, 11) is -3.74. The number of ether oxygens (including phenoxy) is 6. The van der Waals surface area contributed by atoms with Gasteiger partial charge in [0.2, 0.25) is 5.91 Å². The Hall–Kier alpha value is -1.45. The molecule has 7 atom stereocenters. The number of unbranched alkanes of at least 4 members (excludes halogenated alkanes) is 33. The van der Waals surface area contributed by atoms with Crippen molar-refractivity contribution in [2.45, 2.75) is 340 Å². The first-order valence-corrected chi connectivity index (χ1v) is 34.0. The zero-order valence-electron chi connectivity index (χ0n) is 50.8. The number of rotatable bonds is 59. The standard InChI is InChI=1S/C63H122NO13P/c1-6-10-14-18-22-26-28-29-33-37-41-45-50-73-56(47-43-39-35-31-25-21-17-13-9-4)52-58(65)64-60-62(61(77-78(68,69)70)57(53-71-5)76-63(60)75-54-59(66)67)74-51-48-55(46-42-38-34-30-24-20-16-12-8-3)72-49-44-40-36-32-27-23-19-15-11-7-2/h26,28,55-57,60-63H,6-25,27,29-54H2,1-5H3,(H,64,65)(H,66,67)(H2,68,69,70)/b28-26-/t55-,56-,57-,60-,61-,62-,63+/m1/s1. The normalized spacial score (nSPS) is 18.7. The van der Waals surface area contributed by atoms with Gasteiger partial charge >= 0.3 is 13.8 Å². The Balaban J connectivity index is 3.25. The van der Waals surface area contributed by atoms with E-state index in [-0.39, 0.29) is 31.8 Å². The van der Waals surface area contributed by atoms with Gasteiger partial charge in [-0.3, -0.25) is 9.32 Å². The van der Waals surface area contributed by atoms with Crippen LogP contribution in [-0.2, 0) is 47.1 Å². The molecule has 0 unspecified atom stereocenters. The number of carboxylic acids is 1. The lowest BCUT2D eigenvalue weighted by atomic mass is 9.96. The average Bonchev–Trinajstić information content (AvgIpc) is 3.45. The molecule has 78 heavy (non-hydrogen) atoms. The summed E-state index contributed by atoms with van der Waals surface area (Å²) in [5.74, 6) is -1.65. The van der Waals surface area contributed by atoms with Gasteiger partial charge in [0, 0.05) is 26.9 Å². The van der Waals surface area contributed by atoms with Crippen molar-refractivity contribution in [2.24, 2.45) is 0 Å². The van der Waals surface area contributed by atoms with E-state index in [0.29, 0.717) is 26.1 Å². The van der Waals surface area contributed by atoms with Crippen molar-refractivity contribution in [3.8, 4) is 0 Å². The summed E-state index contributed by atoms with van der Waals surface area (Å²) in [6.45, 7) is 9.32. The van der Waals surface area contributed by atoms with E-state index in [1.54, 1.807) is 0 Å². The molecule has 0 bridgehead atoms. The molecule has 1 heterocycles. The first-order valence-electron chi connectivity index (χ1n) is 32.5. The van der Waals surface area contributed by atoms with Crippen molar-refractivity contribution >= 4 is 19.7 Å². The van der Waals surface area contributed by atoms with E-state index >= 15 is 0 Å². The number of carboxylic acid groups (broad SMARTS) is 1. The van der Waals surface area contributed by atoms with Crippen molar-refractivity contribution in [1.29, 1.82) is 0 Å². The minimum atomic E-state index is -5.16. The summed E-state index contributed by atoms with van der Waals surface area (Å²) < 4.78 is 55.2. The highest BCUT2D eigenvalue weighted by molar-refractivity contribution is 7.46. The fourth-order valence-corrected chi connectivity index (χ4v) is 11.1. The van der Waals surface area contributed by atoms with E-state index in [1.165, 1.54) is 168 Å². The second kappa shape index (κ2) is 53.5. The van der Waals surface area contributed by atoms with Crippen LogP contribution in [0.3, 0.4) is 0 Å². The van der Waals surface area contributed by atoms with E-state index in [0.717, 1.165) is 89.9 Å². The molecule has 0 aromatic rings. The van der Waals surface area contributed by atoms with E-state index in [9.17, 15) is 29.0 Å². The number of carbonyl (C=O) groups is 2. The van der Waals surface area contributed by atoms with Crippen LogP contribution in [0.15, 0.2) is 12.2 Å². The fraction of sp³-hybridized carbons (Fsp3) is 0.937. The van der Waals surface area contributed by atoms with Gasteiger partial charge in [0.15, 0.2) is 6.29 Å². The Kier molecular flexibility index (Phi) is 51.2. The zero-order chi connectivity index (χ0) is 57.0. The predicted octanol–water partition coefficient (Wildman–Crippen LogP) is 16.6. The van der Waals surface area contributed by atoms with Crippen LogP contribution in [0.25, 0.3) is 0 Å². The lowest BCUT2D eigenvalue weighted by Crippen LogP contribution is -2.66. The summed E-state index contributed by atoms with van der Waals surface area (Å²) >= 11 is 0. The Bertz CT molecular complexity index is 1420. The summed E-state index contributed by atoms with van der Waals surface area (Å²) in [4.78, 5) is 46.8. The van der Waals surface area contributed by atoms with Crippen LogP contribution in [0.1, 0.15) is 297 Å². The van der Waals surface area contributed by atoms with Crippen LogP contribution in [0.4, 0.5) is 0 Å². The highest BCUT2D eigenvalue weighted by Gasteiger charge is 2.51. The molecule has 0 aliphatic carbocycles. The predicted molar refractivity (Wildman–Crippen MR) is 318 cm³/mol. The van der Waals surface area contributed by atoms with E-state index < -0.39 is 56.9 Å². The van der Waals surface area contributed by atoms with Gasteiger partial charge in [-0.2, -0.15) is 0 Å². The SMILES string of the molecule is CCCCCC/C=C\CCCCCCO[C@H](CCCCCCCCCCC)CC(=O)N[C@H]1[C@@H](OCC(=O)O)O[C@H](COC)[C@@H](OP(=O)(O)O)[C@@H]1OCC[C@@H](CCCCCCCCCCC)OCCCCCCCCCCCC. The van der Waals surface area contributed by atoms with Crippen molar-refractivity contribution in [2.75, 3.05) is 40.1 Å². The Morgan fingerprint density at radius 3 is 1.38 bits per heavy atom. The Morgan fingerprint density at radius 1 is 0.526 bits per heavy atom. The molecule has 1 saturated heterocycles. The number of phosphoric ester groups is 1. The first kappa shape index (κ1) is 74.6. The van der Waals surface area contributed by atoms with Gasteiger partial charge in [-0.25, -0.2) is 9.36 Å². The maximum Gasteiger partial charge on any atom is 0.470 e. The van der Waals surface area contributed by atoms with E-state index in [2.05, 4.69) is 45.2 Å². The van der Waals surface area contributed by atoms with E-state index in [1.807, 2.05) is 0 Å². The molecular weight excluding hydrogens is 1010 g/mol. The van der Waals surface area contributed by atoms with Gasteiger partial charge in [0.25, 0.3) is 0 Å². The minimum absolute atomic E-state index is 0.0219.